The normalized spacial score (nSPS) is 11.1. The van der Waals surface area contributed by atoms with Crippen molar-refractivity contribution in [2.45, 2.75) is 20.5 Å². The number of pyridine rings is 1. The monoisotopic (exact) mass is 208 g/mol. The second-order valence-electron chi connectivity index (χ2n) is 3.36. The fraction of sp³-hybridized carbons (Fsp3) is 0.300. The number of aromatic nitrogens is 1. The Morgan fingerprint density at radius 3 is 2.86 bits per heavy atom. The van der Waals surface area contributed by atoms with E-state index in [1.54, 1.807) is 0 Å². The summed E-state index contributed by atoms with van der Waals surface area (Å²) < 4.78 is 0. The molecule has 0 unspecified atom stereocenters. The summed E-state index contributed by atoms with van der Waals surface area (Å²) in [6, 6.07) is 2.01. The first-order valence-electron chi connectivity index (χ1n) is 4.39. The van der Waals surface area contributed by atoms with Gasteiger partial charge in [0.1, 0.15) is 4.83 Å². The highest BCUT2D eigenvalue weighted by atomic mass is 32.1. The van der Waals surface area contributed by atoms with Crippen LogP contribution in [-0.2, 0) is 6.61 Å². The summed E-state index contributed by atoms with van der Waals surface area (Å²) >= 11 is 1.47. The molecule has 74 valence electrons. The topological polar surface area (TPSA) is 59.1 Å². The molecule has 0 atom stereocenters. The molecule has 2 heterocycles. The van der Waals surface area contributed by atoms with Crippen LogP contribution in [0.5, 0.6) is 0 Å². The number of fused-ring (bicyclic) bond motifs is 1. The molecule has 4 heteroatoms. The maximum atomic E-state index is 9.08. The molecule has 3 nitrogen and oxygen atoms in total. The molecule has 0 radical (unpaired) electrons. The lowest BCUT2D eigenvalue weighted by Crippen LogP contribution is -1.90. The van der Waals surface area contributed by atoms with Crippen LogP contribution in [0, 0.1) is 13.8 Å². The van der Waals surface area contributed by atoms with E-state index in [0.717, 1.165) is 26.4 Å². The van der Waals surface area contributed by atoms with Gasteiger partial charge in [0.05, 0.1) is 17.2 Å². The lowest BCUT2D eigenvalue weighted by atomic mass is 10.1. The predicted octanol–water partition coefficient (Wildman–Crippen LogP) is 1.99. The van der Waals surface area contributed by atoms with Crippen LogP contribution in [0.2, 0.25) is 0 Å². The zero-order valence-corrected chi connectivity index (χ0v) is 8.98. The van der Waals surface area contributed by atoms with Crippen molar-refractivity contribution < 1.29 is 5.11 Å². The highest BCUT2D eigenvalue weighted by Gasteiger charge is 2.11. The highest BCUT2D eigenvalue weighted by Crippen LogP contribution is 2.34. The number of aryl methyl sites for hydroxylation is 2. The second-order valence-corrected chi connectivity index (χ2v) is 4.44. The molecular formula is C10H12N2OS. The minimum Gasteiger partial charge on any atom is -0.397 e. The van der Waals surface area contributed by atoms with E-state index in [2.05, 4.69) is 4.98 Å². The van der Waals surface area contributed by atoms with Crippen molar-refractivity contribution in [3.05, 3.63) is 22.2 Å². The maximum absolute atomic E-state index is 9.08. The molecule has 2 aromatic heterocycles. The maximum Gasteiger partial charge on any atom is 0.126 e. The van der Waals surface area contributed by atoms with Crippen molar-refractivity contribution in [2.24, 2.45) is 0 Å². The molecule has 0 bridgehead atoms. The molecule has 0 spiro atoms. The van der Waals surface area contributed by atoms with E-state index in [0.29, 0.717) is 5.69 Å². The van der Waals surface area contributed by atoms with Gasteiger partial charge in [-0.25, -0.2) is 4.98 Å². The number of aliphatic hydroxyl groups excluding tert-OH is 1. The number of aliphatic hydroxyl groups is 1. The molecular weight excluding hydrogens is 196 g/mol. The average Bonchev–Trinajstić information content (AvgIpc) is 2.42. The number of nitrogens with zero attached hydrogens (tertiary/aromatic N) is 1. The molecule has 0 fully saturated rings. The SMILES string of the molecule is Cc1cc(C)c2c(N)c(CO)sc2n1. The Morgan fingerprint density at radius 1 is 1.50 bits per heavy atom. The molecule has 0 saturated carbocycles. The minimum atomic E-state index is -0.00858. The first-order chi connectivity index (χ1) is 6.63. The summed E-state index contributed by atoms with van der Waals surface area (Å²) in [6.07, 6.45) is 0. The number of nitrogens with two attached hydrogens (primary N) is 1. The summed E-state index contributed by atoms with van der Waals surface area (Å²) in [6.45, 7) is 3.97. The lowest BCUT2D eigenvalue weighted by molar-refractivity contribution is 0.286. The second kappa shape index (κ2) is 3.22. The van der Waals surface area contributed by atoms with Crippen molar-refractivity contribution in [3.8, 4) is 0 Å². The number of hydrogen-bond acceptors (Lipinski definition) is 4. The molecule has 3 N–H and O–H groups in total. The molecule has 0 aromatic carbocycles. The Balaban J connectivity index is 2.85. The van der Waals surface area contributed by atoms with E-state index < -0.39 is 0 Å². The Morgan fingerprint density at radius 2 is 2.21 bits per heavy atom. The van der Waals surface area contributed by atoms with Gasteiger partial charge in [0.2, 0.25) is 0 Å². The lowest BCUT2D eigenvalue weighted by Gasteiger charge is -1.99. The largest absolute Gasteiger partial charge is 0.397 e. The molecule has 2 rings (SSSR count). The van der Waals surface area contributed by atoms with Gasteiger partial charge in [0.15, 0.2) is 0 Å². The van der Waals surface area contributed by atoms with Gasteiger partial charge in [-0.15, -0.1) is 11.3 Å². The van der Waals surface area contributed by atoms with Gasteiger partial charge in [-0.3, -0.25) is 0 Å². The Kier molecular flexibility index (Phi) is 2.17. The van der Waals surface area contributed by atoms with Gasteiger partial charge in [-0.1, -0.05) is 0 Å². The van der Waals surface area contributed by atoms with Gasteiger partial charge in [-0.2, -0.15) is 0 Å². The van der Waals surface area contributed by atoms with E-state index in [-0.39, 0.29) is 6.61 Å². The van der Waals surface area contributed by atoms with Crippen LogP contribution in [-0.4, -0.2) is 10.1 Å². The van der Waals surface area contributed by atoms with Gasteiger partial charge in [-0.05, 0) is 25.5 Å². The van der Waals surface area contributed by atoms with Crippen LogP contribution in [0.15, 0.2) is 6.07 Å². The average molecular weight is 208 g/mol. The van der Waals surface area contributed by atoms with Gasteiger partial charge < -0.3 is 10.8 Å². The summed E-state index contributed by atoms with van der Waals surface area (Å²) in [7, 11) is 0. The number of thiophene rings is 1. The third-order valence-corrected chi connectivity index (χ3v) is 3.33. The molecule has 14 heavy (non-hydrogen) atoms. The molecule has 0 aliphatic heterocycles. The van der Waals surface area contributed by atoms with Crippen molar-refractivity contribution >= 4 is 27.2 Å². The van der Waals surface area contributed by atoms with Crippen LogP contribution in [0.4, 0.5) is 5.69 Å². The van der Waals surface area contributed by atoms with E-state index in [9.17, 15) is 0 Å². The van der Waals surface area contributed by atoms with Crippen LogP contribution in [0.3, 0.4) is 0 Å². The van der Waals surface area contributed by atoms with Crippen LogP contribution < -0.4 is 5.73 Å². The number of rotatable bonds is 1. The van der Waals surface area contributed by atoms with Crippen LogP contribution >= 0.6 is 11.3 Å². The Labute approximate surface area is 86.2 Å². The summed E-state index contributed by atoms with van der Waals surface area (Å²) in [5.74, 6) is 0. The van der Waals surface area contributed by atoms with Crippen molar-refractivity contribution in [2.75, 3.05) is 5.73 Å². The van der Waals surface area contributed by atoms with Crippen molar-refractivity contribution in [1.29, 1.82) is 0 Å². The van der Waals surface area contributed by atoms with E-state index in [1.165, 1.54) is 11.3 Å². The molecule has 0 aliphatic rings. The van der Waals surface area contributed by atoms with Crippen LogP contribution in [0.25, 0.3) is 10.2 Å². The Hall–Kier alpha value is -1.13. The number of hydrogen-bond donors (Lipinski definition) is 2. The molecule has 0 amide bonds. The summed E-state index contributed by atoms with van der Waals surface area (Å²) in [4.78, 5) is 6.12. The van der Waals surface area contributed by atoms with Crippen molar-refractivity contribution in [1.82, 2.24) is 4.98 Å². The quantitative estimate of drug-likeness (QED) is 0.753. The van der Waals surface area contributed by atoms with Gasteiger partial charge >= 0.3 is 0 Å². The first-order valence-corrected chi connectivity index (χ1v) is 5.21. The standard InChI is InChI=1S/C10H12N2OS/c1-5-3-6(2)12-10-8(5)9(11)7(4-13)14-10/h3,13H,4,11H2,1-2H3. The molecule has 0 saturated heterocycles. The van der Waals surface area contributed by atoms with Gasteiger partial charge in [0.25, 0.3) is 0 Å². The van der Waals surface area contributed by atoms with E-state index in [1.807, 2.05) is 19.9 Å². The van der Waals surface area contributed by atoms with E-state index in [4.69, 9.17) is 10.8 Å². The van der Waals surface area contributed by atoms with Crippen LogP contribution in [0.1, 0.15) is 16.1 Å². The zero-order valence-electron chi connectivity index (χ0n) is 8.16. The fourth-order valence-corrected chi connectivity index (χ4v) is 2.71. The number of anilines is 1. The van der Waals surface area contributed by atoms with Crippen molar-refractivity contribution in [3.63, 3.8) is 0 Å². The number of nitrogen functional groups attached to an aromatic ring is 1. The van der Waals surface area contributed by atoms with Gasteiger partial charge in [0, 0.05) is 11.1 Å². The smallest absolute Gasteiger partial charge is 0.126 e. The third kappa shape index (κ3) is 1.27. The third-order valence-electron chi connectivity index (χ3n) is 2.24. The highest BCUT2D eigenvalue weighted by molar-refractivity contribution is 7.19. The Bertz CT molecular complexity index is 490. The summed E-state index contributed by atoms with van der Waals surface area (Å²) in [5, 5.41) is 10.1. The fourth-order valence-electron chi connectivity index (χ4n) is 1.63. The molecule has 0 aliphatic carbocycles. The van der Waals surface area contributed by atoms with E-state index >= 15 is 0 Å². The predicted molar refractivity (Wildman–Crippen MR) is 59.4 cm³/mol. The molecule has 2 aromatic rings. The minimum absolute atomic E-state index is 0.00858. The first kappa shape index (κ1) is 9.43. The summed E-state index contributed by atoms with van der Waals surface area (Å²) in [5.41, 5.74) is 8.70. The zero-order chi connectivity index (χ0) is 10.3.